The van der Waals surface area contributed by atoms with Crippen LogP contribution in [0.25, 0.3) is 0 Å². The third-order valence-electron chi connectivity index (χ3n) is 4.95. The summed E-state index contributed by atoms with van der Waals surface area (Å²) in [6, 6.07) is 7.11. The van der Waals surface area contributed by atoms with Gasteiger partial charge in [-0.25, -0.2) is 0 Å². The van der Waals surface area contributed by atoms with Crippen LogP contribution in [0.5, 0.6) is 11.5 Å². The van der Waals surface area contributed by atoms with Gasteiger partial charge in [0.1, 0.15) is 0 Å². The first-order valence-corrected chi connectivity index (χ1v) is 11.3. The van der Waals surface area contributed by atoms with Gasteiger partial charge in [0.15, 0.2) is 11.5 Å². The van der Waals surface area contributed by atoms with Crippen molar-refractivity contribution < 1.29 is 19.1 Å². The van der Waals surface area contributed by atoms with Gasteiger partial charge in [-0.3, -0.25) is 14.5 Å². The first kappa shape index (κ1) is 22.1. The van der Waals surface area contributed by atoms with Crippen molar-refractivity contribution in [2.45, 2.75) is 13.8 Å². The van der Waals surface area contributed by atoms with Crippen LogP contribution in [0.2, 0.25) is 0 Å². The van der Waals surface area contributed by atoms with E-state index in [1.54, 1.807) is 18.2 Å². The fourth-order valence-electron chi connectivity index (χ4n) is 3.37. The lowest BCUT2D eigenvalue weighted by molar-refractivity contribution is 0.0638. The van der Waals surface area contributed by atoms with Crippen molar-refractivity contribution >= 4 is 23.2 Å². The lowest BCUT2D eigenvalue weighted by Crippen LogP contribution is -2.50. The first-order chi connectivity index (χ1) is 14.6. The zero-order valence-corrected chi connectivity index (χ0v) is 18.4. The molecule has 0 spiro atoms. The Balaban J connectivity index is 1.44. The maximum Gasteiger partial charge on any atom is 0.254 e. The first-order valence-electron chi connectivity index (χ1n) is 10.3. The van der Waals surface area contributed by atoms with Gasteiger partial charge >= 0.3 is 0 Å². The minimum absolute atomic E-state index is 0.102. The molecular weight excluding hydrogens is 402 g/mol. The molecule has 30 heavy (non-hydrogen) atoms. The Hall–Kier alpha value is -2.58. The SMILES string of the molecule is CCOc1ccc(C(=O)NCCN2CCN(C(=O)c3ccsc3)CC2)cc1OCC. The number of nitrogens with one attached hydrogen (secondary N) is 1. The van der Waals surface area contributed by atoms with Gasteiger partial charge in [0.25, 0.3) is 11.8 Å². The van der Waals surface area contributed by atoms with E-state index in [1.165, 1.54) is 11.3 Å². The molecule has 1 aliphatic rings. The average molecular weight is 432 g/mol. The predicted molar refractivity (Wildman–Crippen MR) is 118 cm³/mol. The third-order valence-corrected chi connectivity index (χ3v) is 5.63. The topological polar surface area (TPSA) is 71.1 Å². The van der Waals surface area contributed by atoms with E-state index in [1.807, 2.05) is 35.6 Å². The lowest BCUT2D eigenvalue weighted by Gasteiger charge is -2.34. The van der Waals surface area contributed by atoms with E-state index in [4.69, 9.17) is 9.47 Å². The summed E-state index contributed by atoms with van der Waals surface area (Å²) in [6.07, 6.45) is 0. The molecule has 1 N–H and O–H groups in total. The molecule has 2 aromatic rings. The highest BCUT2D eigenvalue weighted by Gasteiger charge is 2.22. The van der Waals surface area contributed by atoms with Crippen molar-refractivity contribution in [3.05, 3.63) is 46.2 Å². The minimum atomic E-state index is -0.134. The zero-order chi connectivity index (χ0) is 21.3. The minimum Gasteiger partial charge on any atom is -0.490 e. The summed E-state index contributed by atoms with van der Waals surface area (Å²) in [6.45, 7) is 9.19. The highest BCUT2D eigenvalue weighted by Crippen LogP contribution is 2.28. The van der Waals surface area contributed by atoms with Gasteiger partial charge < -0.3 is 19.7 Å². The van der Waals surface area contributed by atoms with Crippen LogP contribution < -0.4 is 14.8 Å². The number of nitrogens with zero attached hydrogens (tertiary/aromatic N) is 2. The van der Waals surface area contributed by atoms with Gasteiger partial charge in [-0.15, -0.1) is 0 Å². The van der Waals surface area contributed by atoms with Crippen LogP contribution in [0.3, 0.4) is 0 Å². The largest absolute Gasteiger partial charge is 0.490 e. The van der Waals surface area contributed by atoms with E-state index < -0.39 is 0 Å². The zero-order valence-electron chi connectivity index (χ0n) is 17.6. The molecule has 7 nitrogen and oxygen atoms in total. The number of amides is 2. The number of rotatable bonds is 9. The van der Waals surface area contributed by atoms with Gasteiger partial charge in [-0.2, -0.15) is 11.3 Å². The fourth-order valence-corrected chi connectivity index (χ4v) is 3.99. The summed E-state index contributed by atoms with van der Waals surface area (Å²) < 4.78 is 11.1. The van der Waals surface area contributed by atoms with E-state index in [-0.39, 0.29) is 11.8 Å². The molecule has 1 aromatic heterocycles. The van der Waals surface area contributed by atoms with Crippen molar-refractivity contribution in [2.75, 3.05) is 52.5 Å². The van der Waals surface area contributed by atoms with Crippen molar-refractivity contribution in [2.24, 2.45) is 0 Å². The maximum atomic E-state index is 12.5. The summed E-state index contributed by atoms with van der Waals surface area (Å²) in [5, 5.41) is 6.78. The molecule has 162 valence electrons. The second kappa shape index (κ2) is 11.0. The van der Waals surface area contributed by atoms with Crippen molar-refractivity contribution in [3.8, 4) is 11.5 Å². The van der Waals surface area contributed by atoms with E-state index >= 15 is 0 Å². The van der Waals surface area contributed by atoms with Gasteiger partial charge in [0, 0.05) is 50.2 Å². The number of piperazine rings is 1. The van der Waals surface area contributed by atoms with Gasteiger partial charge in [-0.1, -0.05) is 0 Å². The second-order valence-corrected chi connectivity index (χ2v) is 7.71. The van der Waals surface area contributed by atoms with Crippen molar-refractivity contribution in [1.82, 2.24) is 15.1 Å². The number of hydrogen-bond acceptors (Lipinski definition) is 6. The summed E-state index contributed by atoms with van der Waals surface area (Å²) in [5.41, 5.74) is 1.32. The Bertz CT molecular complexity index is 833. The van der Waals surface area contributed by atoms with Gasteiger partial charge in [-0.05, 0) is 43.5 Å². The molecule has 0 aliphatic carbocycles. The molecule has 8 heteroatoms. The molecule has 0 bridgehead atoms. The Morgan fingerprint density at radius 1 is 1.00 bits per heavy atom. The van der Waals surface area contributed by atoms with E-state index in [9.17, 15) is 9.59 Å². The number of hydrogen-bond donors (Lipinski definition) is 1. The average Bonchev–Trinajstić information content (AvgIpc) is 3.30. The monoisotopic (exact) mass is 431 g/mol. The Kier molecular flexibility index (Phi) is 8.10. The Labute approximate surface area is 181 Å². The molecule has 1 saturated heterocycles. The van der Waals surface area contributed by atoms with Crippen LogP contribution >= 0.6 is 11.3 Å². The normalized spacial score (nSPS) is 14.4. The molecule has 2 heterocycles. The Morgan fingerprint density at radius 2 is 1.73 bits per heavy atom. The Morgan fingerprint density at radius 3 is 2.40 bits per heavy atom. The smallest absolute Gasteiger partial charge is 0.254 e. The molecule has 0 atom stereocenters. The number of ether oxygens (including phenoxy) is 2. The van der Waals surface area contributed by atoms with Crippen LogP contribution in [0.4, 0.5) is 0 Å². The quantitative estimate of drug-likeness (QED) is 0.661. The van der Waals surface area contributed by atoms with E-state index in [2.05, 4.69) is 10.2 Å². The summed E-state index contributed by atoms with van der Waals surface area (Å²) >= 11 is 1.54. The molecule has 0 radical (unpaired) electrons. The number of carbonyl (C=O) groups excluding carboxylic acids is 2. The van der Waals surface area contributed by atoms with Crippen LogP contribution in [-0.2, 0) is 0 Å². The fraction of sp³-hybridized carbons (Fsp3) is 0.455. The molecule has 0 saturated carbocycles. The molecule has 3 rings (SSSR count). The summed E-state index contributed by atoms with van der Waals surface area (Å²) in [4.78, 5) is 29.1. The number of thiophene rings is 1. The van der Waals surface area contributed by atoms with Crippen molar-refractivity contribution in [3.63, 3.8) is 0 Å². The van der Waals surface area contributed by atoms with Gasteiger partial charge in [0.05, 0.1) is 18.8 Å². The van der Waals surface area contributed by atoms with Crippen LogP contribution in [-0.4, -0.2) is 74.1 Å². The second-order valence-electron chi connectivity index (χ2n) is 6.93. The van der Waals surface area contributed by atoms with Crippen LogP contribution in [0.15, 0.2) is 35.0 Å². The molecule has 1 aromatic carbocycles. The van der Waals surface area contributed by atoms with E-state index in [0.717, 1.165) is 25.2 Å². The number of benzene rings is 1. The lowest BCUT2D eigenvalue weighted by atomic mass is 10.2. The third kappa shape index (κ3) is 5.73. The molecule has 1 fully saturated rings. The standard InChI is InChI=1S/C22H29N3O4S/c1-3-28-19-6-5-17(15-20(19)29-4-2)21(26)23-8-9-24-10-12-25(13-11-24)22(27)18-7-14-30-16-18/h5-7,14-16H,3-4,8-13H2,1-2H3,(H,23,26). The predicted octanol–water partition coefficient (Wildman–Crippen LogP) is 2.73. The highest BCUT2D eigenvalue weighted by atomic mass is 32.1. The summed E-state index contributed by atoms with van der Waals surface area (Å²) in [7, 11) is 0. The van der Waals surface area contributed by atoms with Gasteiger partial charge in [0.2, 0.25) is 0 Å². The summed E-state index contributed by atoms with van der Waals surface area (Å²) in [5.74, 6) is 1.19. The van der Waals surface area contributed by atoms with E-state index in [0.29, 0.717) is 49.9 Å². The highest BCUT2D eigenvalue weighted by molar-refractivity contribution is 7.08. The van der Waals surface area contributed by atoms with Crippen LogP contribution in [0, 0.1) is 0 Å². The van der Waals surface area contributed by atoms with Crippen molar-refractivity contribution in [1.29, 1.82) is 0 Å². The maximum absolute atomic E-state index is 12.5. The molecule has 2 amide bonds. The molecular formula is C22H29N3O4S. The number of carbonyl (C=O) groups is 2. The van der Waals surface area contributed by atoms with Crippen LogP contribution in [0.1, 0.15) is 34.6 Å². The molecule has 0 unspecified atom stereocenters. The molecule has 1 aliphatic heterocycles.